The smallest absolute Gasteiger partial charge is 0.176 e. The van der Waals surface area contributed by atoms with Crippen molar-refractivity contribution in [1.82, 2.24) is 0 Å². The minimum absolute atomic E-state index is 0.0755. The largest absolute Gasteiger partial charge is 0.503 e. The summed E-state index contributed by atoms with van der Waals surface area (Å²) in [6.07, 6.45) is 1.58. The van der Waals surface area contributed by atoms with E-state index in [1.807, 2.05) is 67.6 Å². The van der Waals surface area contributed by atoms with Gasteiger partial charge in [-0.3, -0.25) is 0 Å². The summed E-state index contributed by atoms with van der Waals surface area (Å²) in [7, 11) is 0. The second-order valence-corrected chi connectivity index (χ2v) is 6.11. The van der Waals surface area contributed by atoms with Crippen molar-refractivity contribution < 1.29 is 9.84 Å². The average molecular weight is 379 g/mol. The maximum atomic E-state index is 9.94. The molecule has 3 aromatic rings. The summed E-state index contributed by atoms with van der Waals surface area (Å²) >= 11 is 6.06. The van der Waals surface area contributed by atoms with Gasteiger partial charge in [-0.2, -0.15) is 5.10 Å². The van der Waals surface area contributed by atoms with E-state index in [4.69, 9.17) is 16.3 Å². The third-order valence-electron chi connectivity index (χ3n) is 3.81. The Hall–Kier alpha value is -3.11. The van der Waals surface area contributed by atoms with Crippen molar-refractivity contribution in [1.29, 1.82) is 0 Å². The number of aromatic hydroxyl groups is 1. The van der Waals surface area contributed by atoms with Crippen LogP contribution in [0.5, 0.6) is 11.5 Å². The Kier molecular flexibility index (Phi) is 6.23. The third-order valence-corrected chi connectivity index (χ3v) is 4.10. The normalized spacial score (nSPS) is 10.7. The van der Waals surface area contributed by atoms with Crippen LogP contribution in [0, 0.1) is 0 Å². The summed E-state index contributed by atoms with van der Waals surface area (Å²) in [5.74, 6) is 0.246. The first kappa shape index (κ1) is 18.7. The molecule has 0 saturated heterocycles. The highest BCUT2D eigenvalue weighted by Crippen LogP contribution is 2.34. The Morgan fingerprint density at radius 3 is 2.15 bits per heavy atom. The quantitative estimate of drug-likeness (QED) is 0.466. The zero-order valence-electron chi connectivity index (χ0n) is 14.8. The molecule has 0 bridgehead atoms. The Morgan fingerprint density at radius 2 is 1.59 bits per heavy atom. The van der Waals surface area contributed by atoms with Crippen molar-refractivity contribution in [3.63, 3.8) is 0 Å². The molecule has 0 atom stereocenters. The molecule has 27 heavy (non-hydrogen) atoms. The van der Waals surface area contributed by atoms with E-state index < -0.39 is 0 Å². The van der Waals surface area contributed by atoms with Gasteiger partial charge < -0.3 is 9.84 Å². The molecule has 0 amide bonds. The Bertz CT molecular complexity index is 913. The van der Waals surface area contributed by atoms with Crippen LogP contribution in [0.1, 0.15) is 23.6 Å². The van der Waals surface area contributed by atoms with E-state index in [2.05, 4.69) is 10.2 Å². The summed E-state index contributed by atoms with van der Waals surface area (Å²) in [6, 6.07) is 23.0. The molecule has 136 valence electrons. The zero-order chi connectivity index (χ0) is 19.1. The number of benzene rings is 3. The van der Waals surface area contributed by atoms with Crippen LogP contribution in [0.4, 0.5) is 0 Å². The SMILES string of the molecule is CCOc1cc(/C=N/N=C(c2ccccc2)c2ccccc2)cc(Cl)c1O. The van der Waals surface area contributed by atoms with Gasteiger partial charge in [0.15, 0.2) is 11.5 Å². The van der Waals surface area contributed by atoms with Crippen molar-refractivity contribution in [2.45, 2.75) is 6.92 Å². The fourth-order valence-electron chi connectivity index (χ4n) is 2.56. The van der Waals surface area contributed by atoms with Crippen LogP contribution >= 0.6 is 11.6 Å². The molecule has 0 aliphatic rings. The van der Waals surface area contributed by atoms with Crippen LogP contribution in [0.3, 0.4) is 0 Å². The highest BCUT2D eigenvalue weighted by Gasteiger charge is 2.09. The summed E-state index contributed by atoms with van der Waals surface area (Å²) in [5, 5.41) is 18.8. The molecule has 0 unspecified atom stereocenters. The van der Waals surface area contributed by atoms with Gasteiger partial charge in [-0.15, -0.1) is 5.10 Å². The molecule has 0 radical (unpaired) electrons. The predicted molar refractivity (Wildman–Crippen MR) is 110 cm³/mol. The molecular weight excluding hydrogens is 360 g/mol. The van der Waals surface area contributed by atoms with Gasteiger partial charge in [0, 0.05) is 16.7 Å². The van der Waals surface area contributed by atoms with Gasteiger partial charge in [-0.05, 0) is 19.1 Å². The number of hydrogen-bond acceptors (Lipinski definition) is 4. The minimum atomic E-state index is -0.0755. The maximum absolute atomic E-state index is 9.94. The Morgan fingerprint density at radius 1 is 1.00 bits per heavy atom. The predicted octanol–water partition coefficient (Wildman–Crippen LogP) is 5.32. The lowest BCUT2D eigenvalue weighted by Gasteiger charge is -2.08. The summed E-state index contributed by atoms with van der Waals surface area (Å²) in [5.41, 5.74) is 3.40. The number of halogens is 1. The first-order valence-electron chi connectivity index (χ1n) is 8.56. The lowest BCUT2D eigenvalue weighted by molar-refractivity contribution is 0.318. The second-order valence-electron chi connectivity index (χ2n) is 5.71. The molecule has 0 aliphatic heterocycles. The molecule has 0 aliphatic carbocycles. The molecule has 0 fully saturated rings. The van der Waals surface area contributed by atoms with Crippen molar-refractivity contribution in [3.05, 3.63) is 94.5 Å². The van der Waals surface area contributed by atoms with Crippen LogP contribution in [-0.2, 0) is 0 Å². The topological polar surface area (TPSA) is 54.2 Å². The van der Waals surface area contributed by atoms with Crippen molar-refractivity contribution in [3.8, 4) is 11.5 Å². The summed E-state index contributed by atoms with van der Waals surface area (Å²) in [4.78, 5) is 0. The van der Waals surface area contributed by atoms with Gasteiger partial charge in [0.1, 0.15) is 5.71 Å². The van der Waals surface area contributed by atoms with Crippen LogP contribution in [0.25, 0.3) is 0 Å². The molecule has 0 spiro atoms. The molecule has 3 aromatic carbocycles. The number of phenolic OH excluding ortho intramolecular Hbond substituents is 1. The summed E-state index contributed by atoms with van der Waals surface area (Å²) in [6.45, 7) is 2.26. The van der Waals surface area contributed by atoms with Crippen molar-refractivity contribution >= 4 is 23.5 Å². The van der Waals surface area contributed by atoms with E-state index in [1.165, 1.54) is 0 Å². The number of ether oxygens (including phenoxy) is 1. The molecule has 0 saturated carbocycles. The first-order valence-corrected chi connectivity index (χ1v) is 8.94. The van der Waals surface area contributed by atoms with Gasteiger partial charge >= 0.3 is 0 Å². The standard InChI is InChI=1S/C22H19ClN2O2/c1-2-27-20-14-16(13-19(23)22(20)26)15-24-25-21(17-9-5-3-6-10-17)18-11-7-4-8-12-18/h3-15,26H,2H2,1H3/b24-15+. The van der Waals surface area contributed by atoms with Gasteiger partial charge in [0.2, 0.25) is 0 Å². The zero-order valence-corrected chi connectivity index (χ0v) is 15.6. The molecule has 3 rings (SSSR count). The first-order chi connectivity index (χ1) is 13.2. The molecule has 1 N–H and O–H groups in total. The van der Waals surface area contributed by atoms with Gasteiger partial charge in [-0.1, -0.05) is 72.3 Å². The van der Waals surface area contributed by atoms with E-state index in [0.717, 1.165) is 16.8 Å². The van der Waals surface area contributed by atoms with Gasteiger partial charge in [0.05, 0.1) is 17.8 Å². The monoisotopic (exact) mass is 378 g/mol. The van der Waals surface area contributed by atoms with Crippen LogP contribution in [-0.4, -0.2) is 23.6 Å². The number of nitrogens with zero attached hydrogens (tertiary/aromatic N) is 2. The van der Waals surface area contributed by atoms with E-state index in [0.29, 0.717) is 17.9 Å². The fraction of sp³-hybridized carbons (Fsp3) is 0.0909. The van der Waals surface area contributed by atoms with Gasteiger partial charge in [0.25, 0.3) is 0 Å². The van der Waals surface area contributed by atoms with Gasteiger partial charge in [-0.25, -0.2) is 0 Å². The van der Waals surface area contributed by atoms with Crippen molar-refractivity contribution in [2.75, 3.05) is 6.61 Å². The van der Waals surface area contributed by atoms with Crippen LogP contribution in [0.15, 0.2) is 83.0 Å². The van der Waals surface area contributed by atoms with E-state index in [9.17, 15) is 5.11 Å². The Balaban J connectivity index is 1.95. The molecule has 4 nitrogen and oxygen atoms in total. The van der Waals surface area contributed by atoms with E-state index in [-0.39, 0.29) is 10.8 Å². The second kappa shape index (κ2) is 9.01. The highest BCUT2D eigenvalue weighted by molar-refractivity contribution is 6.32. The number of hydrogen-bond donors (Lipinski definition) is 1. The number of rotatable bonds is 6. The summed E-state index contributed by atoms with van der Waals surface area (Å²) < 4.78 is 5.39. The van der Waals surface area contributed by atoms with E-state index >= 15 is 0 Å². The van der Waals surface area contributed by atoms with Crippen molar-refractivity contribution in [2.24, 2.45) is 10.2 Å². The average Bonchev–Trinajstić information content (AvgIpc) is 2.70. The lowest BCUT2D eigenvalue weighted by Crippen LogP contribution is -2.02. The molecular formula is C22H19ClN2O2. The minimum Gasteiger partial charge on any atom is -0.503 e. The van der Waals surface area contributed by atoms with Crippen LogP contribution in [0.2, 0.25) is 5.02 Å². The molecule has 0 heterocycles. The fourth-order valence-corrected chi connectivity index (χ4v) is 2.78. The molecule has 0 aromatic heterocycles. The molecule has 5 heteroatoms. The third kappa shape index (κ3) is 4.74. The number of phenols is 1. The lowest BCUT2D eigenvalue weighted by atomic mass is 10.0. The highest BCUT2D eigenvalue weighted by atomic mass is 35.5. The maximum Gasteiger partial charge on any atom is 0.176 e. The van der Waals surface area contributed by atoms with E-state index in [1.54, 1.807) is 18.3 Å². The Labute approximate surface area is 163 Å². The van der Waals surface area contributed by atoms with Crippen LogP contribution < -0.4 is 4.74 Å².